The van der Waals surface area contributed by atoms with Gasteiger partial charge >= 0.3 is 5.97 Å². The number of fused-ring (bicyclic) bond motifs is 3. The molecule has 0 bridgehead atoms. The van der Waals surface area contributed by atoms with Gasteiger partial charge in [0.25, 0.3) is 0 Å². The SMILES string of the molecule is CC[C@@]12CCCN3CC(O)c4c(n(c5ccccc45)[C@@](O)(C(=O)OC)C1)[C@H]32. The molecule has 0 aliphatic carbocycles. The molecule has 0 radical (unpaired) electrons. The van der Waals surface area contributed by atoms with Gasteiger partial charge in [-0.15, -0.1) is 0 Å². The molecule has 1 aromatic carbocycles. The first-order valence-corrected chi connectivity index (χ1v) is 9.83. The zero-order chi connectivity index (χ0) is 19.0. The number of hydrogen-bond acceptors (Lipinski definition) is 5. The molecule has 1 unspecified atom stereocenters. The summed E-state index contributed by atoms with van der Waals surface area (Å²) in [6, 6.07) is 7.84. The Kier molecular flexibility index (Phi) is 3.55. The molecule has 0 amide bonds. The second-order valence-corrected chi connectivity index (χ2v) is 8.37. The van der Waals surface area contributed by atoms with E-state index in [0.717, 1.165) is 48.0 Å². The smallest absolute Gasteiger partial charge is 0.359 e. The zero-order valence-electron chi connectivity index (χ0n) is 15.8. The summed E-state index contributed by atoms with van der Waals surface area (Å²) >= 11 is 0. The maximum Gasteiger partial charge on any atom is 0.359 e. The van der Waals surface area contributed by atoms with Crippen LogP contribution in [0.1, 0.15) is 56.0 Å². The zero-order valence-corrected chi connectivity index (χ0v) is 15.8. The van der Waals surface area contributed by atoms with Crippen molar-refractivity contribution in [3.63, 3.8) is 0 Å². The maximum atomic E-state index is 12.8. The number of aromatic nitrogens is 1. The summed E-state index contributed by atoms with van der Waals surface area (Å²) in [7, 11) is 1.32. The van der Waals surface area contributed by atoms with Crippen molar-refractivity contribution in [2.45, 2.75) is 50.5 Å². The predicted molar refractivity (Wildman–Crippen MR) is 100.0 cm³/mol. The number of piperidine rings is 1. The summed E-state index contributed by atoms with van der Waals surface area (Å²) in [4.78, 5) is 15.2. The van der Waals surface area contributed by atoms with Crippen LogP contribution in [-0.4, -0.2) is 45.8 Å². The molecule has 0 spiro atoms. The Hall–Kier alpha value is -1.89. The average molecular weight is 370 g/mol. The van der Waals surface area contributed by atoms with Gasteiger partial charge in [-0.25, -0.2) is 4.79 Å². The lowest BCUT2D eigenvalue weighted by Crippen LogP contribution is -2.60. The summed E-state index contributed by atoms with van der Waals surface area (Å²) < 4.78 is 6.83. The molecule has 1 saturated heterocycles. The van der Waals surface area contributed by atoms with Crippen molar-refractivity contribution in [3.8, 4) is 0 Å². The summed E-state index contributed by atoms with van der Waals surface area (Å²) in [5.74, 6) is -0.630. The molecular formula is C21H26N2O4. The molecule has 1 aromatic heterocycles. The highest BCUT2D eigenvalue weighted by atomic mass is 16.5. The molecule has 3 aliphatic rings. The lowest BCUT2D eigenvalue weighted by molar-refractivity contribution is -0.195. The molecule has 2 aromatic rings. The van der Waals surface area contributed by atoms with Gasteiger partial charge in [0, 0.05) is 29.6 Å². The minimum absolute atomic E-state index is 0.104. The first-order valence-electron chi connectivity index (χ1n) is 9.83. The molecule has 0 saturated carbocycles. The number of aliphatic hydroxyl groups is 2. The fraction of sp³-hybridized carbons (Fsp3) is 0.571. The minimum Gasteiger partial charge on any atom is -0.465 e. The number of esters is 1. The third kappa shape index (κ3) is 1.98. The summed E-state index contributed by atoms with van der Waals surface area (Å²) in [5.41, 5.74) is 0.588. The van der Waals surface area contributed by atoms with Gasteiger partial charge in [-0.3, -0.25) is 4.90 Å². The first-order chi connectivity index (χ1) is 13.0. The molecule has 6 nitrogen and oxygen atoms in total. The second kappa shape index (κ2) is 5.56. The molecule has 6 heteroatoms. The van der Waals surface area contributed by atoms with Crippen LogP contribution in [0, 0.1) is 5.41 Å². The van der Waals surface area contributed by atoms with Gasteiger partial charge in [0.2, 0.25) is 5.72 Å². The number of hydrogen-bond donors (Lipinski definition) is 2. The highest BCUT2D eigenvalue weighted by molar-refractivity contribution is 5.90. The topological polar surface area (TPSA) is 74.9 Å². The Balaban J connectivity index is 1.92. The summed E-state index contributed by atoms with van der Waals surface area (Å²) in [5, 5.41) is 23.6. The quantitative estimate of drug-likeness (QED) is 0.795. The van der Waals surface area contributed by atoms with E-state index in [1.165, 1.54) is 7.11 Å². The van der Waals surface area contributed by atoms with Crippen LogP contribution in [0.5, 0.6) is 0 Å². The van der Waals surface area contributed by atoms with Crippen molar-refractivity contribution in [1.29, 1.82) is 0 Å². The van der Waals surface area contributed by atoms with Crippen molar-refractivity contribution in [2.75, 3.05) is 20.2 Å². The van der Waals surface area contributed by atoms with E-state index in [-0.39, 0.29) is 11.5 Å². The van der Waals surface area contributed by atoms with Crippen molar-refractivity contribution in [3.05, 3.63) is 35.5 Å². The normalized spacial score (nSPS) is 35.1. The van der Waals surface area contributed by atoms with Gasteiger partial charge in [-0.1, -0.05) is 25.1 Å². The summed E-state index contributed by atoms with van der Waals surface area (Å²) in [6.07, 6.45) is 2.54. The van der Waals surface area contributed by atoms with E-state index >= 15 is 0 Å². The minimum atomic E-state index is -1.76. The predicted octanol–water partition coefficient (Wildman–Crippen LogP) is 2.44. The monoisotopic (exact) mass is 370 g/mol. The molecule has 27 heavy (non-hydrogen) atoms. The van der Waals surface area contributed by atoms with Crippen LogP contribution in [0.25, 0.3) is 10.9 Å². The van der Waals surface area contributed by atoms with Crippen LogP contribution in [0.2, 0.25) is 0 Å². The average Bonchev–Trinajstić information content (AvgIpc) is 3.03. The van der Waals surface area contributed by atoms with Crippen molar-refractivity contribution < 1.29 is 19.7 Å². The third-order valence-corrected chi connectivity index (χ3v) is 7.20. The van der Waals surface area contributed by atoms with Gasteiger partial charge in [-0.05, 0) is 37.3 Å². The summed E-state index contributed by atoms with van der Waals surface area (Å²) in [6.45, 7) is 3.68. The number of aliphatic hydroxyl groups excluding tert-OH is 1. The van der Waals surface area contributed by atoms with Crippen LogP contribution in [0.15, 0.2) is 24.3 Å². The number of methoxy groups -OCH3 is 1. The molecule has 5 rings (SSSR count). The number of rotatable bonds is 2. The van der Waals surface area contributed by atoms with Gasteiger partial charge in [-0.2, -0.15) is 0 Å². The number of para-hydroxylation sites is 1. The van der Waals surface area contributed by atoms with Crippen LogP contribution >= 0.6 is 0 Å². The Labute approximate surface area is 158 Å². The number of nitrogens with zero attached hydrogens (tertiary/aromatic N) is 2. The highest BCUT2D eigenvalue weighted by Gasteiger charge is 2.61. The molecule has 4 heterocycles. The number of ether oxygens (including phenoxy) is 1. The Morgan fingerprint density at radius 1 is 1.37 bits per heavy atom. The fourth-order valence-electron chi connectivity index (χ4n) is 6.14. The molecule has 3 aliphatic heterocycles. The van der Waals surface area contributed by atoms with Crippen LogP contribution < -0.4 is 0 Å². The van der Waals surface area contributed by atoms with Crippen LogP contribution in [0.4, 0.5) is 0 Å². The van der Waals surface area contributed by atoms with E-state index in [2.05, 4.69) is 11.8 Å². The van der Waals surface area contributed by atoms with Gasteiger partial charge in [0.15, 0.2) is 0 Å². The van der Waals surface area contributed by atoms with E-state index < -0.39 is 17.8 Å². The van der Waals surface area contributed by atoms with E-state index in [1.54, 1.807) is 4.57 Å². The molecule has 2 N–H and O–H groups in total. The molecule has 4 atom stereocenters. The van der Waals surface area contributed by atoms with E-state index in [0.29, 0.717) is 13.0 Å². The van der Waals surface area contributed by atoms with Crippen molar-refractivity contribution >= 4 is 16.9 Å². The molecular weight excluding hydrogens is 344 g/mol. The molecule has 1 fully saturated rings. The number of benzene rings is 1. The van der Waals surface area contributed by atoms with Crippen molar-refractivity contribution in [1.82, 2.24) is 9.47 Å². The van der Waals surface area contributed by atoms with Crippen LogP contribution in [0.3, 0.4) is 0 Å². The largest absolute Gasteiger partial charge is 0.465 e. The fourth-order valence-corrected chi connectivity index (χ4v) is 6.14. The second-order valence-electron chi connectivity index (χ2n) is 8.37. The van der Waals surface area contributed by atoms with E-state index in [4.69, 9.17) is 4.74 Å². The third-order valence-electron chi connectivity index (χ3n) is 7.20. The van der Waals surface area contributed by atoms with Gasteiger partial charge < -0.3 is 19.5 Å². The van der Waals surface area contributed by atoms with E-state index in [1.807, 2.05) is 24.3 Å². The van der Waals surface area contributed by atoms with Gasteiger partial charge in [0.1, 0.15) is 0 Å². The first kappa shape index (κ1) is 17.2. The lowest BCUT2D eigenvalue weighted by Gasteiger charge is -2.58. The Morgan fingerprint density at radius 3 is 2.89 bits per heavy atom. The number of carbonyl (C=O) groups excluding carboxylic acids is 1. The Morgan fingerprint density at radius 2 is 2.15 bits per heavy atom. The van der Waals surface area contributed by atoms with Gasteiger partial charge in [0.05, 0.1) is 24.8 Å². The maximum absolute atomic E-state index is 12.8. The molecule has 144 valence electrons. The lowest BCUT2D eigenvalue weighted by atomic mass is 9.62. The van der Waals surface area contributed by atoms with Crippen LogP contribution in [-0.2, 0) is 15.3 Å². The highest BCUT2D eigenvalue weighted by Crippen LogP contribution is 2.61. The number of carbonyl (C=O) groups is 1. The standard InChI is InChI=1S/C21H26N2O4/c1-3-20-9-6-10-22-11-15(24)16-13-7-4-5-8-14(13)23(17(16)18(20)22)21(26,12-20)19(25)27-2/h4-5,7-8,15,18,24,26H,3,6,9-12H2,1-2H3/t15?,18-,20+,21-/m0/s1. The Bertz CT molecular complexity index is 938. The van der Waals surface area contributed by atoms with Crippen molar-refractivity contribution in [2.24, 2.45) is 5.41 Å². The van der Waals surface area contributed by atoms with E-state index in [9.17, 15) is 15.0 Å².